The lowest BCUT2D eigenvalue weighted by Crippen LogP contribution is -2.55. The molecule has 0 unspecified atom stereocenters. The normalized spacial score (nSPS) is 18.7. The number of thiophene rings is 1. The molecule has 0 spiro atoms. The molecule has 7 nitrogen and oxygen atoms in total. The van der Waals surface area contributed by atoms with Crippen molar-refractivity contribution in [2.45, 2.75) is 69.9 Å². The molecule has 2 heterocycles. The summed E-state index contributed by atoms with van der Waals surface area (Å²) >= 11 is 1.61. The zero-order chi connectivity index (χ0) is 26.4. The molecule has 1 aromatic carbocycles. The number of carbonyl (C=O) groups is 3. The molecular formula is C29H40N4O3S. The summed E-state index contributed by atoms with van der Waals surface area (Å²) in [5.41, 5.74) is 7.36. The second kappa shape index (κ2) is 12.2. The van der Waals surface area contributed by atoms with Crippen molar-refractivity contribution >= 4 is 29.1 Å². The minimum atomic E-state index is -0.584. The third kappa shape index (κ3) is 6.79. The van der Waals surface area contributed by atoms with Crippen molar-refractivity contribution in [2.75, 3.05) is 27.2 Å². The molecule has 1 atom stereocenters. The minimum absolute atomic E-state index is 0.0398. The van der Waals surface area contributed by atoms with Gasteiger partial charge in [0.1, 0.15) is 0 Å². The lowest BCUT2D eigenvalue weighted by Gasteiger charge is -2.42. The largest absolute Gasteiger partial charge is 0.353 e. The first-order valence-corrected chi connectivity index (χ1v) is 14.3. The Hall–Kier alpha value is -2.71. The van der Waals surface area contributed by atoms with Gasteiger partial charge < -0.3 is 20.9 Å². The van der Waals surface area contributed by atoms with Crippen molar-refractivity contribution in [3.63, 3.8) is 0 Å². The van der Waals surface area contributed by atoms with Gasteiger partial charge in [0, 0.05) is 50.1 Å². The summed E-state index contributed by atoms with van der Waals surface area (Å²) in [6.45, 7) is 1.04. The Morgan fingerprint density at radius 1 is 1.08 bits per heavy atom. The van der Waals surface area contributed by atoms with E-state index in [1.54, 1.807) is 30.3 Å². The van der Waals surface area contributed by atoms with Crippen LogP contribution < -0.4 is 11.1 Å². The maximum atomic E-state index is 13.8. The number of nitrogens with zero attached hydrogens (tertiary/aromatic N) is 2. The maximum Gasteiger partial charge on any atom is 0.253 e. The zero-order valence-corrected chi connectivity index (χ0v) is 22.9. The third-order valence-corrected chi connectivity index (χ3v) is 8.82. The first kappa shape index (κ1) is 27.3. The van der Waals surface area contributed by atoms with Gasteiger partial charge in [-0.2, -0.15) is 0 Å². The highest BCUT2D eigenvalue weighted by atomic mass is 32.1. The van der Waals surface area contributed by atoms with Crippen molar-refractivity contribution in [1.29, 1.82) is 0 Å². The summed E-state index contributed by atoms with van der Waals surface area (Å²) in [5.74, 6) is 0.0195. The van der Waals surface area contributed by atoms with E-state index < -0.39 is 11.5 Å². The second-order valence-electron chi connectivity index (χ2n) is 10.9. The van der Waals surface area contributed by atoms with E-state index in [9.17, 15) is 14.4 Å². The van der Waals surface area contributed by atoms with E-state index in [4.69, 9.17) is 5.73 Å². The zero-order valence-electron chi connectivity index (χ0n) is 22.1. The lowest BCUT2D eigenvalue weighted by atomic mass is 9.72. The summed E-state index contributed by atoms with van der Waals surface area (Å²) in [4.78, 5) is 43.7. The van der Waals surface area contributed by atoms with E-state index in [0.717, 1.165) is 36.1 Å². The molecule has 37 heavy (non-hydrogen) atoms. The van der Waals surface area contributed by atoms with Gasteiger partial charge in [-0.3, -0.25) is 14.4 Å². The molecule has 3 N–H and O–H groups in total. The standard InChI is InChI=1S/C29H40N4O3S/c1-32(2)26(34)22-12-10-21(11-13-22)20-29(28(36)31-23-7-4-3-5-8-23)14-16-33(17-15-29)27(35)25(30)19-24-9-6-18-37-24/h6,9-13,18,23,25H,3-5,7-8,14-17,19-20,30H2,1-2H3,(H,31,36)/t25-/m0/s1. The Morgan fingerprint density at radius 3 is 2.35 bits per heavy atom. The van der Waals surface area contributed by atoms with E-state index in [1.165, 1.54) is 6.42 Å². The smallest absolute Gasteiger partial charge is 0.253 e. The monoisotopic (exact) mass is 524 g/mol. The Balaban J connectivity index is 1.46. The van der Waals surface area contributed by atoms with E-state index >= 15 is 0 Å². The fraction of sp³-hybridized carbons (Fsp3) is 0.552. The molecule has 4 rings (SSSR count). The van der Waals surface area contributed by atoms with Gasteiger partial charge in [0.2, 0.25) is 11.8 Å². The van der Waals surface area contributed by atoms with Gasteiger partial charge in [-0.05, 0) is 61.2 Å². The van der Waals surface area contributed by atoms with Crippen LogP contribution in [-0.2, 0) is 22.4 Å². The van der Waals surface area contributed by atoms with Crippen LogP contribution in [0.15, 0.2) is 41.8 Å². The van der Waals surface area contributed by atoms with Gasteiger partial charge in [-0.1, -0.05) is 37.5 Å². The van der Waals surface area contributed by atoms with Gasteiger partial charge in [0.05, 0.1) is 11.5 Å². The van der Waals surface area contributed by atoms with Crippen molar-refractivity contribution in [3.8, 4) is 0 Å². The molecule has 2 aromatic rings. The highest BCUT2D eigenvalue weighted by molar-refractivity contribution is 7.09. The number of hydrogen-bond donors (Lipinski definition) is 2. The van der Waals surface area contributed by atoms with Crippen LogP contribution in [0, 0.1) is 5.41 Å². The third-order valence-electron chi connectivity index (χ3n) is 7.92. The van der Waals surface area contributed by atoms with Crippen LogP contribution in [0.25, 0.3) is 0 Å². The van der Waals surface area contributed by atoms with Gasteiger partial charge in [0.25, 0.3) is 5.91 Å². The number of hydrogen-bond acceptors (Lipinski definition) is 5. The number of nitrogens with one attached hydrogen (secondary N) is 1. The first-order valence-electron chi connectivity index (χ1n) is 13.5. The maximum absolute atomic E-state index is 13.8. The van der Waals surface area contributed by atoms with Crippen LogP contribution in [0.4, 0.5) is 0 Å². The lowest BCUT2D eigenvalue weighted by molar-refractivity contribution is -0.141. The molecule has 3 amide bonds. The quantitative estimate of drug-likeness (QED) is 0.551. The Morgan fingerprint density at radius 2 is 1.76 bits per heavy atom. The van der Waals surface area contributed by atoms with Crippen LogP contribution in [-0.4, -0.2) is 66.8 Å². The number of amides is 3. The predicted molar refractivity (Wildman–Crippen MR) is 147 cm³/mol. The summed E-state index contributed by atoms with van der Waals surface area (Å²) in [5, 5.41) is 5.36. The molecule has 200 valence electrons. The molecule has 1 aliphatic carbocycles. The molecule has 8 heteroatoms. The van der Waals surface area contributed by atoms with E-state index in [1.807, 2.05) is 46.7 Å². The van der Waals surface area contributed by atoms with Crippen molar-refractivity contribution in [3.05, 3.63) is 57.8 Å². The number of likely N-dealkylation sites (tertiary alicyclic amines) is 1. The van der Waals surface area contributed by atoms with E-state index in [0.29, 0.717) is 44.3 Å². The van der Waals surface area contributed by atoms with Crippen LogP contribution in [0.2, 0.25) is 0 Å². The SMILES string of the molecule is CN(C)C(=O)c1ccc(CC2(C(=O)NC3CCCCC3)CCN(C(=O)[C@@H](N)Cc3cccs3)CC2)cc1. The Labute approximate surface area is 224 Å². The topological polar surface area (TPSA) is 95.7 Å². The summed E-state index contributed by atoms with van der Waals surface area (Å²) in [7, 11) is 3.48. The average Bonchev–Trinajstić information content (AvgIpc) is 3.42. The highest BCUT2D eigenvalue weighted by Crippen LogP contribution is 2.37. The fourth-order valence-corrected chi connectivity index (χ4v) is 6.37. The van der Waals surface area contributed by atoms with Crippen LogP contribution in [0.1, 0.15) is 65.7 Å². The average molecular weight is 525 g/mol. The van der Waals surface area contributed by atoms with Crippen molar-refractivity contribution in [2.24, 2.45) is 11.1 Å². The number of benzene rings is 1. The Bertz CT molecular complexity index is 1050. The van der Waals surface area contributed by atoms with Gasteiger partial charge in [-0.25, -0.2) is 0 Å². The van der Waals surface area contributed by atoms with Crippen molar-refractivity contribution in [1.82, 2.24) is 15.1 Å². The number of rotatable bonds is 8. The molecular weight excluding hydrogens is 484 g/mol. The highest BCUT2D eigenvalue weighted by Gasteiger charge is 2.43. The number of carbonyl (C=O) groups excluding carboxylic acids is 3. The molecule has 0 bridgehead atoms. The molecule has 1 aliphatic heterocycles. The molecule has 1 aromatic heterocycles. The van der Waals surface area contributed by atoms with Crippen LogP contribution in [0.3, 0.4) is 0 Å². The van der Waals surface area contributed by atoms with Crippen LogP contribution >= 0.6 is 11.3 Å². The molecule has 1 saturated carbocycles. The molecule has 2 aliphatic rings. The number of nitrogens with two attached hydrogens (primary N) is 1. The Kier molecular flexibility index (Phi) is 9.03. The van der Waals surface area contributed by atoms with E-state index in [-0.39, 0.29) is 23.8 Å². The molecule has 1 saturated heterocycles. The summed E-state index contributed by atoms with van der Waals surface area (Å²) < 4.78 is 0. The van der Waals surface area contributed by atoms with Crippen LogP contribution in [0.5, 0.6) is 0 Å². The van der Waals surface area contributed by atoms with Gasteiger partial charge >= 0.3 is 0 Å². The summed E-state index contributed by atoms with van der Waals surface area (Å²) in [6.07, 6.45) is 7.94. The minimum Gasteiger partial charge on any atom is -0.353 e. The fourth-order valence-electron chi connectivity index (χ4n) is 5.61. The van der Waals surface area contributed by atoms with Crippen molar-refractivity contribution < 1.29 is 14.4 Å². The molecule has 2 fully saturated rings. The predicted octanol–water partition coefficient (Wildman–Crippen LogP) is 3.62. The second-order valence-corrected chi connectivity index (χ2v) is 11.9. The first-order chi connectivity index (χ1) is 17.8. The number of piperidine rings is 1. The van der Waals surface area contributed by atoms with Gasteiger partial charge in [0.15, 0.2) is 0 Å². The molecule has 0 radical (unpaired) electrons. The summed E-state index contributed by atoms with van der Waals surface area (Å²) in [6, 6.07) is 11.2. The van der Waals surface area contributed by atoms with Gasteiger partial charge in [-0.15, -0.1) is 11.3 Å². The van der Waals surface area contributed by atoms with E-state index in [2.05, 4.69) is 5.32 Å².